The minimum Gasteiger partial charge on any atom is -0.0936 e. The molecule has 0 amide bonds. The summed E-state index contributed by atoms with van der Waals surface area (Å²) in [4.78, 5) is -1.82. The van der Waals surface area contributed by atoms with E-state index in [9.17, 15) is 19.4 Å². The lowest BCUT2D eigenvalue weighted by Crippen LogP contribution is -2.24. The van der Waals surface area contributed by atoms with Crippen molar-refractivity contribution in [2.24, 2.45) is 23.7 Å². The number of allylic oxidation sites excluding steroid dienone is 1. The molecule has 0 nitrogen and oxygen atoms in total. The number of rotatable bonds is 4. The summed E-state index contributed by atoms with van der Waals surface area (Å²) in [6, 6.07) is 3.22. The fourth-order valence-electron chi connectivity index (χ4n) is 4.65. The second-order valence-corrected chi connectivity index (χ2v) is 11.0. The Balaban J connectivity index is 1.53. The third-order valence-electron chi connectivity index (χ3n) is 6.43. The van der Waals surface area contributed by atoms with E-state index in [4.69, 9.17) is 0 Å². The molecule has 154 valence electrons. The monoisotopic (exact) mass is 408 g/mol. The van der Waals surface area contributed by atoms with E-state index >= 15 is 0 Å². The van der Waals surface area contributed by atoms with Gasteiger partial charge in [0.1, 0.15) is 4.90 Å². The fraction of sp³-hybridized carbons (Fsp3) is 0.619. The Bertz CT molecular complexity index is 661. The van der Waals surface area contributed by atoms with E-state index in [0.29, 0.717) is 23.6 Å². The van der Waals surface area contributed by atoms with E-state index < -0.39 is 15.1 Å². The van der Waals surface area contributed by atoms with Crippen LogP contribution < -0.4 is 0 Å². The molecule has 2 aliphatic carbocycles. The van der Waals surface area contributed by atoms with Crippen molar-refractivity contribution in [3.05, 3.63) is 35.9 Å². The average Bonchev–Trinajstić information content (AvgIpc) is 2.60. The molecule has 0 radical (unpaired) electrons. The summed E-state index contributed by atoms with van der Waals surface area (Å²) >= 11 is 0. The first kappa shape index (κ1) is 20.7. The standard InChI is InChI=1S/C21H29F5S/c1-16-2-10-19(11-3-16)20-12-6-17(7-13-20)4-5-18-8-14-21(15-9-18)27(22,23,24,25)26/h4-5,8-9,14-17,19-20H,2-3,6-7,10-13H2,1H3/b5-4+. The smallest absolute Gasteiger partial charge is 0.0936 e. The van der Waals surface area contributed by atoms with Crippen molar-refractivity contribution in [3.63, 3.8) is 0 Å². The van der Waals surface area contributed by atoms with Crippen LogP contribution in [-0.2, 0) is 0 Å². The van der Waals surface area contributed by atoms with Crippen molar-refractivity contribution in [2.45, 2.75) is 63.2 Å². The third kappa shape index (κ3) is 5.72. The molecule has 0 aliphatic heterocycles. The lowest BCUT2D eigenvalue weighted by atomic mass is 9.69. The van der Waals surface area contributed by atoms with E-state index in [0.717, 1.165) is 42.7 Å². The first-order valence-corrected chi connectivity index (χ1v) is 11.9. The minimum atomic E-state index is -9.57. The maximum atomic E-state index is 12.7. The zero-order chi connectivity index (χ0) is 19.8. The Kier molecular flexibility index (Phi) is 5.20. The van der Waals surface area contributed by atoms with Crippen LogP contribution in [0, 0.1) is 23.7 Å². The van der Waals surface area contributed by atoms with E-state index in [1.165, 1.54) is 38.5 Å². The SMILES string of the molecule is CC1CCC(C2CCC(/C=C/c3ccc(S(F)(F)(F)(F)F)cc3)CC2)CC1. The first-order valence-electron chi connectivity index (χ1n) is 9.93. The molecule has 27 heavy (non-hydrogen) atoms. The predicted octanol–water partition coefficient (Wildman–Crippen LogP) is 8.99. The summed E-state index contributed by atoms with van der Waals surface area (Å²) in [7, 11) is -9.57. The summed E-state index contributed by atoms with van der Waals surface area (Å²) < 4.78 is 63.7. The molecule has 0 saturated heterocycles. The van der Waals surface area contributed by atoms with Gasteiger partial charge in [-0.15, -0.1) is 0 Å². The van der Waals surface area contributed by atoms with E-state index in [1.54, 1.807) is 6.08 Å². The van der Waals surface area contributed by atoms with Crippen LogP contribution in [0.1, 0.15) is 63.9 Å². The molecule has 1 aromatic carbocycles. The molecule has 0 aromatic heterocycles. The van der Waals surface area contributed by atoms with Crippen molar-refractivity contribution >= 4 is 16.3 Å². The van der Waals surface area contributed by atoms with Crippen LogP contribution >= 0.6 is 10.2 Å². The van der Waals surface area contributed by atoms with Crippen LogP contribution in [0.25, 0.3) is 6.08 Å². The quantitative estimate of drug-likeness (QED) is 0.436. The summed E-state index contributed by atoms with van der Waals surface area (Å²) in [5.41, 5.74) is 0.531. The molecular formula is C21H29F5S. The lowest BCUT2D eigenvalue weighted by Gasteiger charge is -2.40. The fourth-order valence-corrected chi connectivity index (χ4v) is 5.30. The van der Waals surface area contributed by atoms with Crippen molar-refractivity contribution in [3.8, 4) is 0 Å². The molecular weight excluding hydrogens is 379 g/mol. The van der Waals surface area contributed by atoms with Gasteiger partial charge in [0.25, 0.3) is 0 Å². The number of halogens is 5. The molecule has 0 atom stereocenters. The molecule has 2 fully saturated rings. The first-order chi connectivity index (χ1) is 12.4. The van der Waals surface area contributed by atoms with Gasteiger partial charge in [0, 0.05) is 0 Å². The Morgan fingerprint density at radius 3 is 1.70 bits per heavy atom. The number of benzene rings is 1. The van der Waals surface area contributed by atoms with Crippen molar-refractivity contribution in [2.75, 3.05) is 0 Å². The van der Waals surface area contributed by atoms with Gasteiger partial charge in [-0.25, -0.2) is 0 Å². The Labute approximate surface area is 159 Å². The number of hydrogen-bond acceptors (Lipinski definition) is 0. The maximum Gasteiger partial charge on any atom is 0.310 e. The molecule has 0 N–H and O–H groups in total. The van der Waals surface area contributed by atoms with Gasteiger partial charge >= 0.3 is 10.2 Å². The Morgan fingerprint density at radius 2 is 1.22 bits per heavy atom. The zero-order valence-corrected chi connectivity index (χ0v) is 16.5. The lowest BCUT2D eigenvalue weighted by molar-refractivity contribution is 0.160. The average molecular weight is 409 g/mol. The molecule has 6 heteroatoms. The highest BCUT2D eigenvalue weighted by Gasteiger charge is 2.65. The molecule has 0 spiro atoms. The predicted molar refractivity (Wildman–Crippen MR) is 103 cm³/mol. The normalized spacial score (nSPS) is 32.8. The highest BCUT2D eigenvalue weighted by Crippen LogP contribution is 3.02. The molecule has 1 aromatic rings. The van der Waals surface area contributed by atoms with Crippen molar-refractivity contribution < 1.29 is 19.4 Å². The zero-order valence-electron chi connectivity index (χ0n) is 15.7. The van der Waals surface area contributed by atoms with Crippen LogP contribution in [0.5, 0.6) is 0 Å². The van der Waals surface area contributed by atoms with Gasteiger partial charge in [0.2, 0.25) is 0 Å². The largest absolute Gasteiger partial charge is 0.310 e. The molecule has 2 aliphatic rings. The van der Waals surface area contributed by atoms with Gasteiger partial charge in [-0.1, -0.05) is 63.5 Å². The topological polar surface area (TPSA) is 0 Å². The molecule has 0 unspecified atom stereocenters. The second-order valence-electron chi connectivity index (χ2n) is 8.59. The van der Waals surface area contributed by atoms with Crippen molar-refractivity contribution in [1.82, 2.24) is 0 Å². The molecule has 0 bridgehead atoms. The van der Waals surface area contributed by atoms with Gasteiger partial charge < -0.3 is 0 Å². The van der Waals surface area contributed by atoms with Crippen LogP contribution in [0.2, 0.25) is 0 Å². The summed E-state index contributed by atoms with van der Waals surface area (Å²) in [6.45, 7) is 2.34. The Hall–Kier alpha value is -1.04. The van der Waals surface area contributed by atoms with Gasteiger partial charge in [-0.3, -0.25) is 0 Å². The van der Waals surface area contributed by atoms with Crippen LogP contribution in [0.3, 0.4) is 0 Å². The molecule has 2 saturated carbocycles. The highest BCUT2D eigenvalue weighted by molar-refractivity contribution is 8.45. The maximum absolute atomic E-state index is 12.7. The summed E-state index contributed by atoms with van der Waals surface area (Å²) in [6.07, 6.45) is 13.9. The molecule has 0 heterocycles. The van der Waals surface area contributed by atoms with E-state index in [-0.39, 0.29) is 0 Å². The van der Waals surface area contributed by atoms with Gasteiger partial charge in [-0.2, -0.15) is 0 Å². The van der Waals surface area contributed by atoms with Gasteiger partial charge in [0.05, 0.1) is 0 Å². The van der Waals surface area contributed by atoms with E-state index in [2.05, 4.69) is 6.92 Å². The summed E-state index contributed by atoms with van der Waals surface area (Å²) in [5.74, 6) is 2.98. The highest BCUT2D eigenvalue weighted by atomic mass is 32.5. The van der Waals surface area contributed by atoms with Gasteiger partial charge in [0.15, 0.2) is 0 Å². The van der Waals surface area contributed by atoms with E-state index in [1.807, 2.05) is 6.08 Å². The van der Waals surface area contributed by atoms with Crippen LogP contribution in [0.4, 0.5) is 19.4 Å². The minimum absolute atomic E-state index is 0.430. The third-order valence-corrected chi connectivity index (χ3v) is 7.59. The van der Waals surface area contributed by atoms with Crippen molar-refractivity contribution in [1.29, 1.82) is 0 Å². The van der Waals surface area contributed by atoms with Crippen LogP contribution in [0.15, 0.2) is 35.2 Å². The number of hydrogen-bond donors (Lipinski definition) is 0. The molecule has 3 rings (SSSR count). The Morgan fingerprint density at radius 1 is 0.741 bits per heavy atom. The second kappa shape index (κ2) is 6.78. The summed E-state index contributed by atoms with van der Waals surface area (Å²) in [5, 5.41) is 0. The van der Waals surface area contributed by atoms with Crippen LogP contribution in [-0.4, -0.2) is 0 Å². The van der Waals surface area contributed by atoms with Gasteiger partial charge in [-0.05, 0) is 79.9 Å².